The maximum Gasteiger partial charge on any atom is 0.233 e. The van der Waals surface area contributed by atoms with Gasteiger partial charge in [0.1, 0.15) is 23.1 Å². The molecule has 2 aliphatic carbocycles. The Bertz CT molecular complexity index is 1450. The number of carbonyl (C=O) groups excluding carboxylic acids is 1. The number of H-pyrrole nitrogens is 1. The van der Waals surface area contributed by atoms with Gasteiger partial charge in [-0.2, -0.15) is 5.26 Å². The third-order valence-electron chi connectivity index (χ3n) is 6.25. The van der Waals surface area contributed by atoms with Gasteiger partial charge in [-0.3, -0.25) is 9.52 Å². The van der Waals surface area contributed by atoms with Gasteiger partial charge in [-0.1, -0.05) is 0 Å². The van der Waals surface area contributed by atoms with E-state index in [1.807, 2.05) is 6.07 Å². The third-order valence-corrected chi connectivity index (χ3v) is 7.77. The molecule has 3 aromatic rings. The van der Waals surface area contributed by atoms with Crippen molar-refractivity contribution in [3.63, 3.8) is 0 Å². The van der Waals surface area contributed by atoms with Crippen molar-refractivity contribution in [2.45, 2.75) is 32.1 Å². The van der Waals surface area contributed by atoms with Gasteiger partial charge in [0.15, 0.2) is 0 Å². The molecular formula is C23H21F2N5O3S. The number of halogens is 2. The minimum atomic E-state index is -3.99. The number of fused-ring (bicyclic) bond motifs is 1. The van der Waals surface area contributed by atoms with Gasteiger partial charge in [0.2, 0.25) is 15.9 Å². The lowest BCUT2D eigenvalue weighted by molar-refractivity contribution is -0.117. The number of nitriles is 1. The van der Waals surface area contributed by atoms with Gasteiger partial charge < -0.3 is 10.3 Å². The fourth-order valence-electron chi connectivity index (χ4n) is 4.05. The van der Waals surface area contributed by atoms with Crippen molar-refractivity contribution in [3.8, 4) is 17.2 Å². The molecule has 2 saturated carbocycles. The van der Waals surface area contributed by atoms with Gasteiger partial charge in [-0.25, -0.2) is 22.2 Å². The molecule has 0 bridgehead atoms. The molecule has 2 fully saturated rings. The summed E-state index contributed by atoms with van der Waals surface area (Å²) >= 11 is 0. The van der Waals surface area contributed by atoms with Gasteiger partial charge in [-0.15, -0.1) is 0 Å². The predicted molar refractivity (Wildman–Crippen MR) is 122 cm³/mol. The van der Waals surface area contributed by atoms with Crippen LogP contribution in [0.1, 0.15) is 32.1 Å². The van der Waals surface area contributed by atoms with Gasteiger partial charge in [0.05, 0.1) is 17.5 Å². The van der Waals surface area contributed by atoms with Gasteiger partial charge in [0.25, 0.3) is 0 Å². The number of hydrogen-bond acceptors (Lipinski definition) is 5. The number of pyridine rings is 1. The van der Waals surface area contributed by atoms with Gasteiger partial charge in [0, 0.05) is 35.6 Å². The number of carbonyl (C=O) groups is 1. The van der Waals surface area contributed by atoms with E-state index >= 15 is 4.39 Å². The van der Waals surface area contributed by atoms with Crippen molar-refractivity contribution in [3.05, 3.63) is 42.1 Å². The van der Waals surface area contributed by atoms with Crippen LogP contribution in [0.15, 0.2) is 30.5 Å². The summed E-state index contributed by atoms with van der Waals surface area (Å²) in [5.41, 5.74) is -0.531. The molecule has 5 rings (SSSR count). The molecule has 11 heteroatoms. The monoisotopic (exact) mass is 485 g/mol. The zero-order chi connectivity index (χ0) is 24.1. The number of amides is 1. The summed E-state index contributed by atoms with van der Waals surface area (Å²) < 4.78 is 57.3. The lowest BCUT2D eigenvalue weighted by Gasteiger charge is -2.15. The van der Waals surface area contributed by atoms with E-state index in [-0.39, 0.29) is 35.4 Å². The number of aromatic nitrogens is 2. The lowest BCUT2D eigenvalue weighted by atomic mass is 10.0. The predicted octanol–water partition coefficient (Wildman–Crippen LogP) is 4.29. The molecule has 34 heavy (non-hydrogen) atoms. The normalized spacial score (nSPS) is 16.7. The SMILES string of the molecule is N#CCC1(CS(=O)(=O)Nc2cc(F)c(-c3cc(NC(=O)C4CC4)nc4[nH]ccc34)cc2F)CC1. The summed E-state index contributed by atoms with van der Waals surface area (Å²) in [5, 5.41) is 12.1. The van der Waals surface area contributed by atoms with E-state index in [0.717, 1.165) is 25.0 Å². The van der Waals surface area contributed by atoms with Crippen LogP contribution in [0, 0.1) is 34.3 Å². The molecule has 2 heterocycles. The van der Waals surface area contributed by atoms with Crippen molar-refractivity contribution in [1.82, 2.24) is 9.97 Å². The zero-order valence-corrected chi connectivity index (χ0v) is 18.8. The number of rotatable bonds is 8. The maximum atomic E-state index is 15.2. The molecule has 0 radical (unpaired) electrons. The van der Waals surface area contributed by atoms with Crippen molar-refractivity contribution < 1.29 is 22.0 Å². The molecule has 0 spiro atoms. The van der Waals surface area contributed by atoms with E-state index in [9.17, 15) is 17.6 Å². The smallest absolute Gasteiger partial charge is 0.233 e. The molecule has 0 atom stereocenters. The molecule has 3 N–H and O–H groups in total. The first-order valence-electron chi connectivity index (χ1n) is 10.8. The Hall–Kier alpha value is -3.52. The van der Waals surface area contributed by atoms with E-state index in [1.54, 1.807) is 12.3 Å². The molecule has 1 amide bonds. The highest BCUT2D eigenvalue weighted by atomic mass is 32.2. The molecular weight excluding hydrogens is 464 g/mol. The number of benzene rings is 1. The van der Waals surface area contributed by atoms with Crippen LogP contribution in [0.2, 0.25) is 0 Å². The fraction of sp³-hybridized carbons (Fsp3) is 0.348. The summed E-state index contributed by atoms with van der Waals surface area (Å²) in [5.74, 6) is -2.15. The Balaban J connectivity index is 1.46. The van der Waals surface area contributed by atoms with Crippen LogP contribution in [0.3, 0.4) is 0 Å². The van der Waals surface area contributed by atoms with Crippen molar-refractivity contribution in [1.29, 1.82) is 5.26 Å². The van der Waals surface area contributed by atoms with E-state index in [0.29, 0.717) is 29.4 Å². The standard InChI is InChI=1S/C23H21F2N5O3S/c24-17-11-19(30-34(32,33)12-23(4-5-23)6-7-26)18(25)9-16(17)15-10-20(29-22(31)13-1-2-13)28-21-14(15)3-8-27-21/h3,8-11,13,30H,1-2,4-6,12H2,(H2,27,28,29,31). The number of anilines is 2. The Morgan fingerprint density at radius 2 is 1.97 bits per heavy atom. The van der Waals surface area contributed by atoms with E-state index < -0.39 is 32.8 Å². The molecule has 2 aliphatic rings. The minimum Gasteiger partial charge on any atom is -0.346 e. The Kier molecular flexibility index (Phi) is 5.28. The average Bonchev–Trinajstić information content (AvgIpc) is 3.69. The van der Waals surface area contributed by atoms with Gasteiger partial charge in [-0.05, 0) is 54.9 Å². The number of sulfonamides is 1. The summed E-state index contributed by atoms with van der Waals surface area (Å²) in [6, 6.07) is 6.82. The van der Waals surface area contributed by atoms with Crippen LogP contribution in [0.5, 0.6) is 0 Å². The topological polar surface area (TPSA) is 128 Å². The molecule has 0 aliphatic heterocycles. The van der Waals surface area contributed by atoms with Crippen LogP contribution in [0.25, 0.3) is 22.2 Å². The van der Waals surface area contributed by atoms with E-state index in [4.69, 9.17) is 5.26 Å². The molecule has 176 valence electrons. The minimum absolute atomic E-state index is 0.0611. The largest absolute Gasteiger partial charge is 0.346 e. The number of aromatic amines is 1. The molecule has 2 aromatic heterocycles. The summed E-state index contributed by atoms with van der Waals surface area (Å²) in [7, 11) is -3.99. The van der Waals surface area contributed by atoms with E-state index in [2.05, 4.69) is 20.0 Å². The zero-order valence-electron chi connectivity index (χ0n) is 18.0. The molecule has 8 nitrogen and oxygen atoms in total. The van der Waals surface area contributed by atoms with Crippen molar-refractivity contribution in [2.24, 2.45) is 11.3 Å². The molecule has 0 saturated heterocycles. The second kappa shape index (κ2) is 8.06. The van der Waals surface area contributed by atoms with Crippen LogP contribution in [-0.4, -0.2) is 30.0 Å². The Labute approximate surface area is 194 Å². The average molecular weight is 486 g/mol. The third kappa shape index (κ3) is 4.46. The van der Waals surface area contributed by atoms with Crippen LogP contribution in [0.4, 0.5) is 20.3 Å². The van der Waals surface area contributed by atoms with Crippen LogP contribution < -0.4 is 10.0 Å². The van der Waals surface area contributed by atoms with Crippen LogP contribution >= 0.6 is 0 Å². The lowest BCUT2D eigenvalue weighted by Crippen LogP contribution is -2.24. The van der Waals surface area contributed by atoms with Crippen LogP contribution in [-0.2, 0) is 14.8 Å². The number of nitrogens with zero attached hydrogens (tertiary/aromatic N) is 2. The first-order chi connectivity index (χ1) is 16.2. The summed E-state index contributed by atoms with van der Waals surface area (Å²) in [6.45, 7) is 0. The Morgan fingerprint density at radius 1 is 1.21 bits per heavy atom. The Morgan fingerprint density at radius 3 is 2.65 bits per heavy atom. The van der Waals surface area contributed by atoms with E-state index in [1.165, 1.54) is 6.07 Å². The second-order valence-electron chi connectivity index (χ2n) is 9.07. The quantitative estimate of drug-likeness (QED) is 0.439. The first kappa shape index (κ1) is 22.3. The fourth-order valence-corrected chi connectivity index (χ4v) is 5.81. The van der Waals surface area contributed by atoms with Crippen molar-refractivity contribution >= 4 is 38.5 Å². The highest BCUT2D eigenvalue weighted by molar-refractivity contribution is 7.92. The molecule has 0 unspecified atom stereocenters. The molecule has 1 aromatic carbocycles. The highest BCUT2D eigenvalue weighted by Crippen LogP contribution is 2.49. The van der Waals surface area contributed by atoms with Crippen molar-refractivity contribution in [2.75, 3.05) is 15.8 Å². The van der Waals surface area contributed by atoms with Gasteiger partial charge >= 0.3 is 0 Å². The first-order valence-corrected chi connectivity index (χ1v) is 12.5. The number of hydrogen-bond donors (Lipinski definition) is 3. The second-order valence-corrected chi connectivity index (χ2v) is 10.8. The summed E-state index contributed by atoms with van der Waals surface area (Å²) in [6.07, 6.45) is 4.51. The highest BCUT2D eigenvalue weighted by Gasteiger charge is 2.46. The summed E-state index contributed by atoms with van der Waals surface area (Å²) in [4.78, 5) is 19.4. The maximum absolute atomic E-state index is 15.2. The number of nitrogens with one attached hydrogen (secondary N) is 3.